The van der Waals surface area contributed by atoms with Crippen LogP contribution < -0.4 is 16.0 Å². The van der Waals surface area contributed by atoms with E-state index in [1.807, 2.05) is 48.0 Å². The van der Waals surface area contributed by atoms with Gasteiger partial charge in [0.1, 0.15) is 5.69 Å². The van der Waals surface area contributed by atoms with Crippen molar-refractivity contribution < 1.29 is 4.79 Å². The first kappa shape index (κ1) is 17.9. The zero-order valence-electron chi connectivity index (χ0n) is 15.9. The van der Waals surface area contributed by atoms with Gasteiger partial charge in [-0.2, -0.15) is 5.10 Å². The quantitative estimate of drug-likeness (QED) is 0.609. The Morgan fingerprint density at radius 2 is 1.79 bits per heavy atom. The molecule has 0 aliphatic carbocycles. The Labute approximate surface area is 164 Å². The van der Waals surface area contributed by atoms with Crippen LogP contribution in [0.1, 0.15) is 35.8 Å². The number of nitrogens with one attached hydrogen (secondary N) is 3. The summed E-state index contributed by atoms with van der Waals surface area (Å²) >= 11 is 0. The molecule has 2 heterocycles. The van der Waals surface area contributed by atoms with E-state index in [4.69, 9.17) is 5.10 Å². The fourth-order valence-electron chi connectivity index (χ4n) is 3.31. The molecule has 0 bridgehead atoms. The molecule has 3 N–H and O–H groups in total. The fraction of sp³-hybridized carbons (Fsp3) is 0.182. The van der Waals surface area contributed by atoms with Gasteiger partial charge in [-0.1, -0.05) is 48.5 Å². The highest BCUT2D eigenvalue weighted by atomic mass is 16.1. The van der Waals surface area contributed by atoms with Gasteiger partial charge in [-0.15, -0.1) is 0 Å². The summed E-state index contributed by atoms with van der Waals surface area (Å²) in [5.41, 5.74) is 3.44. The fourth-order valence-corrected chi connectivity index (χ4v) is 3.31. The van der Waals surface area contributed by atoms with Crippen LogP contribution in [0.3, 0.4) is 0 Å². The minimum atomic E-state index is -0.166. The van der Waals surface area contributed by atoms with Gasteiger partial charge in [-0.05, 0) is 37.6 Å². The average Bonchev–Trinajstić information content (AvgIpc) is 3.05. The van der Waals surface area contributed by atoms with E-state index in [2.05, 4.69) is 41.1 Å². The van der Waals surface area contributed by atoms with Crippen LogP contribution in [0.15, 0.2) is 72.4 Å². The third-order valence-electron chi connectivity index (χ3n) is 4.68. The number of carbonyl (C=O) groups is 1. The Bertz CT molecular complexity index is 1010. The van der Waals surface area contributed by atoms with E-state index in [-0.39, 0.29) is 11.9 Å². The normalized spacial score (nSPS) is 15.2. The summed E-state index contributed by atoms with van der Waals surface area (Å²) in [6, 6.07) is 19.4. The molecule has 3 aromatic rings. The van der Waals surface area contributed by atoms with Crippen molar-refractivity contribution in [3.63, 3.8) is 0 Å². The third kappa shape index (κ3) is 3.62. The molecule has 1 amide bonds. The van der Waals surface area contributed by atoms with Crippen LogP contribution in [0.25, 0.3) is 0 Å². The van der Waals surface area contributed by atoms with Crippen molar-refractivity contribution in [3.05, 3.63) is 83.6 Å². The second kappa shape index (κ2) is 7.60. The van der Waals surface area contributed by atoms with Crippen LogP contribution in [0.2, 0.25) is 0 Å². The van der Waals surface area contributed by atoms with E-state index >= 15 is 0 Å². The van der Waals surface area contributed by atoms with E-state index < -0.39 is 0 Å². The highest BCUT2D eigenvalue weighted by Crippen LogP contribution is 2.37. The molecule has 0 spiro atoms. The van der Waals surface area contributed by atoms with E-state index in [0.717, 1.165) is 17.1 Å². The predicted molar refractivity (Wildman–Crippen MR) is 112 cm³/mol. The number of hydrogen-bond donors (Lipinski definition) is 3. The molecule has 6 heteroatoms. The minimum absolute atomic E-state index is 0.0934. The number of amides is 1. The molecule has 2 aromatic carbocycles. The lowest BCUT2D eigenvalue weighted by Gasteiger charge is -2.21. The van der Waals surface area contributed by atoms with Crippen molar-refractivity contribution in [2.24, 2.45) is 0 Å². The highest BCUT2D eigenvalue weighted by Gasteiger charge is 2.25. The molecule has 0 fully saturated rings. The lowest BCUT2D eigenvalue weighted by molar-refractivity contribution is 0.102. The van der Waals surface area contributed by atoms with Crippen LogP contribution in [0.5, 0.6) is 0 Å². The second-order valence-corrected chi connectivity index (χ2v) is 6.89. The molecule has 0 saturated carbocycles. The number of rotatable bonds is 5. The maximum absolute atomic E-state index is 12.8. The van der Waals surface area contributed by atoms with Crippen molar-refractivity contribution in [3.8, 4) is 0 Å². The third-order valence-corrected chi connectivity index (χ3v) is 4.68. The van der Waals surface area contributed by atoms with Crippen LogP contribution in [-0.4, -0.2) is 15.7 Å². The Kier molecular flexibility index (Phi) is 4.85. The van der Waals surface area contributed by atoms with E-state index in [9.17, 15) is 4.79 Å². The minimum Gasteiger partial charge on any atom is -0.363 e. The van der Waals surface area contributed by atoms with Gasteiger partial charge in [-0.25, -0.2) is 4.68 Å². The average molecular weight is 373 g/mol. The summed E-state index contributed by atoms with van der Waals surface area (Å²) in [4.78, 5) is 12.8. The largest absolute Gasteiger partial charge is 0.363 e. The Morgan fingerprint density at radius 1 is 1.11 bits per heavy atom. The molecule has 1 aliphatic heterocycles. The van der Waals surface area contributed by atoms with Crippen molar-refractivity contribution in [2.75, 3.05) is 16.0 Å². The Hall–Kier alpha value is -3.54. The SMILES string of the molecule is CC1=CC(C)n2nc(NCc3ccccc3)c(NC(=O)c3ccccc3)c2N1. The summed E-state index contributed by atoms with van der Waals surface area (Å²) in [5.74, 6) is 1.26. The lowest BCUT2D eigenvalue weighted by atomic mass is 10.2. The highest BCUT2D eigenvalue weighted by molar-refractivity contribution is 6.07. The van der Waals surface area contributed by atoms with Gasteiger partial charge in [0.2, 0.25) is 0 Å². The van der Waals surface area contributed by atoms with Gasteiger partial charge in [0.15, 0.2) is 11.6 Å². The molecule has 0 saturated heterocycles. The van der Waals surface area contributed by atoms with Gasteiger partial charge in [0.05, 0.1) is 6.04 Å². The predicted octanol–water partition coefficient (Wildman–Crippen LogP) is 4.64. The maximum Gasteiger partial charge on any atom is 0.255 e. The number of allylic oxidation sites excluding steroid dienone is 2. The Balaban J connectivity index is 1.65. The van der Waals surface area contributed by atoms with E-state index in [1.165, 1.54) is 0 Å². The number of hydrogen-bond acceptors (Lipinski definition) is 4. The molecule has 28 heavy (non-hydrogen) atoms. The molecule has 4 rings (SSSR count). The van der Waals surface area contributed by atoms with Crippen LogP contribution in [0.4, 0.5) is 17.3 Å². The molecular formula is C22H23N5O. The maximum atomic E-state index is 12.8. The smallest absolute Gasteiger partial charge is 0.255 e. The van der Waals surface area contributed by atoms with E-state index in [0.29, 0.717) is 23.6 Å². The number of benzene rings is 2. The number of carbonyl (C=O) groups excluding carboxylic acids is 1. The summed E-state index contributed by atoms with van der Waals surface area (Å²) < 4.78 is 1.89. The summed E-state index contributed by atoms with van der Waals surface area (Å²) in [6.07, 6.45) is 2.10. The molecule has 0 radical (unpaired) electrons. The van der Waals surface area contributed by atoms with Gasteiger partial charge in [-0.3, -0.25) is 4.79 Å². The first-order valence-corrected chi connectivity index (χ1v) is 9.34. The van der Waals surface area contributed by atoms with Crippen LogP contribution >= 0.6 is 0 Å². The summed E-state index contributed by atoms with van der Waals surface area (Å²) in [7, 11) is 0. The summed E-state index contributed by atoms with van der Waals surface area (Å²) in [6.45, 7) is 4.70. The zero-order chi connectivity index (χ0) is 19.5. The second-order valence-electron chi connectivity index (χ2n) is 6.89. The monoisotopic (exact) mass is 373 g/mol. The first-order chi connectivity index (χ1) is 13.6. The van der Waals surface area contributed by atoms with Crippen LogP contribution in [-0.2, 0) is 6.54 Å². The summed E-state index contributed by atoms with van der Waals surface area (Å²) in [5, 5.41) is 14.5. The molecule has 1 aliphatic rings. The van der Waals surface area contributed by atoms with Crippen molar-refractivity contribution in [2.45, 2.75) is 26.4 Å². The molecule has 1 unspecified atom stereocenters. The van der Waals surface area contributed by atoms with Gasteiger partial charge < -0.3 is 16.0 Å². The number of nitrogens with zero attached hydrogens (tertiary/aromatic N) is 2. The molecule has 6 nitrogen and oxygen atoms in total. The standard InChI is InChI=1S/C22H23N5O/c1-15-13-16(2)27-21(24-15)19(25-22(28)18-11-7-4-8-12-18)20(26-27)23-14-17-9-5-3-6-10-17/h3-13,16,24H,14H2,1-2H3,(H,23,26)(H,25,28). The zero-order valence-corrected chi connectivity index (χ0v) is 15.9. The van der Waals surface area contributed by atoms with E-state index in [1.54, 1.807) is 12.1 Å². The first-order valence-electron chi connectivity index (χ1n) is 9.34. The lowest BCUT2D eigenvalue weighted by Crippen LogP contribution is -2.18. The van der Waals surface area contributed by atoms with Crippen molar-refractivity contribution >= 4 is 23.2 Å². The molecule has 142 valence electrons. The molecule has 1 aromatic heterocycles. The van der Waals surface area contributed by atoms with Crippen molar-refractivity contribution in [1.82, 2.24) is 9.78 Å². The molecule has 1 atom stereocenters. The van der Waals surface area contributed by atoms with Gasteiger partial charge in [0.25, 0.3) is 5.91 Å². The number of fused-ring (bicyclic) bond motifs is 1. The molecular weight excluding hydrogens is 350 g/mol. The Morgan fingerprint density at radius 3 is 2.50 bits per heavy atom. The topological polar surface area (TPSA) is 71.0 Å². The van der Waals surface area contributed by atoms with Gasteiger partial charge in [0, 0.05) is 17.8 Å². The van der Waals surface area contributed by atoms with Crippen molar-refractivity contribution in [1.29, 1.82) is 0 Å². The van der Waals surface area contributed by atoms with Crippen LogP contribution in [0, 0.1) is 0 Å². The number of aromatic nitrogens is 2. The number of anilines is 3. The van der Waals surface area contributed by atoms with Gasteiger partial charge >= 0.3 is 0 Å².